The average Bonchev–Trinajstić information content (AvgIpc) is 2.76. The van der Waals surface area contributed by atoms with Gasteiger partial charge in [-0.3, -0.25) is 4.79 Å². The Balaban J connectivity index is 1.90. The van der Waals surface area contributed by atoms with E-state index in [0.29, 0.717) is 24.3 Å². The summed E-state index contributed by atoms with van der Waals surface area (Å²) in [5, 5.41) is 9.63. The van der Waals surface area contributed by atoms with Crippen molar-refractivity contribution >= 4 is 5.97 Å². The molecular formula is C28H45NO2. The van der Waals surface area contributed by atoms with Gasteiger partial charge in [0.25, 0.3) is 0 Å². The van der Waals surface area contributed by atoms with Gasteiger partial charge in [-0.05, 0) is 93.6 Å². The molecule has 4 atom stereocenters. The molecule has 1 aliphatic carbocycles. The first kappa shape index (κ1) is 25.6. The molecule has 0 aromatic heterocycles. The van der Waals surface area contributed by atoms with Crippen LogP contribution in [0.3, 0.4) is 0 Å². The molecule has 1 saturated carbocycles. The van der Waals surface area contributed by atoms with Gasteiger partial charge in [0.2, 0.25) is 0 Å². The number of rotatable bonds is 15. The second-order valence-corrected chi connectivity index (χ2v) is 9.54. The minimum atomic E-state index is -0.656. The zero-order valence-electron chi connectivity index (χ0n) is 19.7. The van der Waals surface area contributed by atoms with Crippen LogP contribution in [0.4, 0.5) is 0 Å². The highest BCUT2D eigenvalue weighted by Crippen LogP contribution is 2.45. The van der Waals surface area contributed by atoms with Crippen LogP contribution in [0.2, 0.25) is 0 Å². The first-order valence-corrected chi connectivity index (χ1v) is 12.8. The summed E-state index contributed by atoms with van der Waals surface area (Å²) in [6.45, 7) is 2.91. The molecule has 31 heavy (non-hydrogen) atoms. The number of hydrogen-bond acceptors (Lipinski definition) is 2. The van der Waals surface area contributed by atoms with Crippen molar-refractivity contribution in [2.75, 3.05) is 6.54 Å². The fraction of sp³-hybridized carbons (Fsp3) is 0.679. The van der Waals surface area contributed by atoms with Crippen molar-refractivity contribution < 1.29 is 9.90 Å². The molecule has 0 radical (unpaired) electrons. The molecule has 0 bridgehead atoms. The molecule has 1 aromatic carbocycles. The van der Waals surface area contributed by atoms with E-state index >= 15 is 0 Å². The van der Waals surface area contributed by atoms with Gasteiger partial charge in [-0.2, -0.15) is 0 Å². The molecule has 0 unspecified atom stereocenters. The molecule has 0 saturated heterocycles. The van der Waals surface area contributed by atoms with Gasteiger partial charge < -0.3 is 10.8 Å². The van der Waals surface area contributed by atoms with Crippen LogP contribution in [0, 0.1) is 23.7 Å². The standard InChI is InChI=1S/C28H45NO2/c1-2-3-4-5-6-7-8-9-13-16-24-17-18-25(21-23-14-11-10-12-15-23)27(22-28(30)31)26(24)19-20-29/h7-8,10-12,14-15,24-27H,2-6,9,13,16-22,29H2,1H3,(H,30,31)/b8-7-/t24-,25-,26+,27+/m1/s1. The molecule has 3 N–H and O–H groups in total. The average molecular weight is 428 g/mol. The lowest BCUT2D eigenvalue weighted by Gasteiger charge is -2.43. The number of allylic oxidation sites excluding steroid dienone is 2. The lowest BCUT2D eigenvalue weighted by atomic mass is 9.62. The third kappa shape index (κ3) is 9.60. The number of unbranched alkanes of at least 4 members (excludes halogenated alkanes) is 5. The Morgan fingerprint density at radius 1 is 0.968 bits per heavy atom. The van der Waals surface area contributed by atoms with Crippen molar-refractivity contribution in [3.8, 4) is 0 Å². The van der Waals surface area contributed by atoms with Gasteiger partial charge >= 0.3 is 5.97 Å². The van der Waals surface area contributed by atoms with Crippen molar-refractivity contribution in [1.29, 1.82) is 0 Å². The smallest absolute Gasteiger partial charge is 0.303 e. The van der Waals surface area contributed by atoms with Crippen LogP contribution in [0.5, 0.6) is 0 Å². The molecule has 0 aliphatic heterocycles. The Labute approximate surface area is 190 Å². The molecule has 1 aliphatic rings. The van der Waals surface area contributed by atoms with Gasteiger partial charge in [0, 0.05) is 6.42 Å². The van der Waals surface area contributed by atoms with Crippen molar-refractivity contribution in [2.45, 2.75) is 90.4 Å². The largest absolute Gasteiger partial charge is 0.481 e. The van der Waals surface area contributed by atoms with Gasteiger partial charge in [-0.25, -0.2) is 0 Å². The van der Waals surface area contributed by atoms with Crippen molar-refractivity contribution in [1.82, 2.24) is 0 Å². The van der Waals surface area contributed by atoms with Crippen LogP contribution >= 0.6 is 0 Å². The lowest BCUT2D eigenvalue weighted by molar-refractivity contribution is -0.140. The number of nitrogens with two attached hydrogens (primary N) is 1. The van der Waals surface area contributed by atoms with Crippen LogP contribution in [0.1, 0.15) is 89.5 Å². The second kappa shape index (κ2) is 15.2. The first-order chi connectivity index (χ1) is 15.2. The topological polar surface area (TPSA) is 63.3 Å². The van der Waals surface area contributed by atoms with Crippen LogP contribution < -0.4 is 5.73 Å². The zero-order chi connectivity index (χ0) is 22.3. The molecule has 1 aromatic rings. The van der Waals surface area contributed by atoms with E-state index in [-0.39, 0.29) is 12.3 Å². The van der Waals surface area contributed by atoms with E-state index in [1.165, 1.54) is 56.9 Å². The summed E-state index contributed by atoms with van der Waals surface area (Å²) in [6.07, 6.45) is 19.4. The molecule has 0 heterocycles. The molecule has 174 valence electrons. The molecule has 3 heteroatoms. The zero-order valence-corrected chi connectivity index (χ0v) is 19.7. The number of hydrogen-bond donors (Lipinski definition) is 2. The van der Waals surface area contributed by atoms with Gasteiger partial charge in [0.15, 0.2) is 0 Å². The third-order valence-corrected chi connectivity index (χ3v) is 7.26. The van der Waals surface area contributed by atoms with E-state index in [1.807, 2.05) is 6.07 Å². The first-order valence-electron chi connectivity index (χ1n) is 12.8. The minimum Gasteiger partial charge on any atom is -0.481 e. The summed E-state index contributed by atoms with van der Waals surface area (Å²) >= 11 is 0. The van der Waals surface area contributed by atoms with Gasteiger partial charge in [-0.15, -0.1) is 0 Å². The van der Waals surface area contributed by atoms with Crippen LogP contribution in [0.15, 0.2) is 42.5 Å². The van der Waals surface area contributed by atoms with Crippen molar-refractivity contribution in [2.24, 2.45) is 29.4 Å². The molecule has 1 fully saturated rings. The number of carboxylic acid groups (broad SMARTS) is 1. The quantitative estimate of drug-likeness (QED) is 0.234. The van der Waals surface area contributed by atoms with Crippen molar-refractivity contribution in [3.63, 3.8) is 0 Å². The van der Waals surface area contributed by atoms with Gasteiger partial charge in [-0.1, -0.05) is 68.7 Å². The summed E-state index contributed by atoms with van der Waals surface area (Å²) in [7, 11) is 0. The highest BCUT2D eigenvalue weighted by atomic mass is 16.4. The van der Waals surface area contributed by atoms with E-state index in [9.17, 15) is 9.90 Å². The molecule has 0 spiro atoms. The monoisotopic (exact) mass is 427 g/mol. The molecule has 0 amide bonds. The fourth-order valence-electron chi connectivity index (χ4n) is 5.67. The number of carbonyl (C=O) groups is 1. The lowest BCUT2D eigenvalue weighted by Crippen LogP contribution is -2.38. The Morgan fingerprint density at radius 3 is 2.35 bits per heavy atom. The summed E-state index contributed by atoms with van der Waals surface area (Å²) in [5.74, 6) is 1.11. The Bertz CT molecular complexity index is 627. The highest BCUT2D eigenvalue weighted by molar-refractivity contribution is 5.67. The Hall–Kier alpha value is -1.61. The maximum absolute atomic E-state index is 11.7. The summed E-state index contributed by atoms with van der Waals surface area (Å²) in [5.41, 5.74) is 7.33. The SMILES string of the molecule is CCCCCC/C=C\CCC[C@@H]1CC[C@H](Cc2ccccc2)[C@H](CC(=O)O)[C@H]1CCN. The normalized spacial score (nSPS) is 23.9. The maximum Gasteiger partial charge on any atom is 0.303 e. The van der Waals surface area contributed by atoms with Crippen molar-refractivity contribution in [3.05, 3.63) is 48.0 Å². The van der Waals surface area contributed by atoms with E-state index in [4.69, 9.17) is 5.73 Å². The summed E-state index contributed by atoms with van der Waals surface area (Å²) < 4.78 is 0. The van der Waals surface area contributed by atoms with Crippen LogP contribution in [0.25, 0.3) is 0 Å². The summed E-state index contributed by atoms with van der Waals surface area (Å²) in [4.78, 5) is 11.7. The van der Waals surface area contributed by atoms with Crippen LogP contribution in [-0.2, 0) is 11.2 Å². The number of aliphatic carboxylic acids is 1. The predicted molar refractivity (Wildman–Crippen MR) is 131 cm³/mol. The third-order valence-electron chi connectivity index (χ3n) is 7.26. The van der Waals surface area contributed by atoms with Crippen LogP contribution in [-0.4, -0.2) is 17.6 Å². The number of carboxylic acids is 1. The number of benzene rings is 1. The predicted octanol–water partition coefficient (Wildman–Crippen LogP) is 7.01. The Kier molecular flexibility index (Phi) is 12.6. The molecule has 2 rings (SSSR count). The highest BCUT2D eigenvalue weighted by Gasteiger charge is 2.39. The van der Waals surface area contributed by atoms with E-state index < -0.39 is 5.97 Å². The molecular weight excluding hydrogens is 382 g/mol. The molecule has 3 nitrogen and oxygen atoms in total. The van der Waals surface area contributed by atoms with E-state index in [0.717, 1.165) is 25.7 Å². The second-order valence-electron chi connectivity index (χ2n) is 9.54. The van der Waals surface area contributed by atoms with E-state index in [2.05, 4.69) is 43.3 Å². The summed E-state index contributed by atoms with van der Waals surface area (Å²) in [6, 6.07) is 10.6. The minimum absolute atomic E-state index is 0.245. The maximum atomic E-state index is 11.7. The Morgan fingerprint density at radius 2 is 1.68 bits per heavy atom. The van der Waals surface area contributed by atoms with E-state index in [1.54, 1.807) is 0 Å². The van der Waals surface area contributed by atoms with Gasteiger partial charge in [0.1, 0.15) is 0 Å². The fourth-order valence-corrected chi connectivity index (χ4v) is 5.67. The van der Waals surface area contributed by atoms with Gasteiger partial charge in [0.05, 0.1) is 0 Å².